The molecular formula is C9H8N4O. The van der Waals surface area contributed by atoms with Gasteiger partial charge in [0.15, 0.2) is 6.29 Å². The summed E-state index contributed by atoms with van der Waals surface area (Å²) in [6.45, 7) is 0. The van der Waals surface area contributed by atoms with Gasteiger partial charge in [-0.1, -0.05) is 18.2 Å². The summed E-state index contributed by atoms with van der Waals surface area (Å²) in [4.78, 5) is 11.7. The maximum Gasteiger partial charge on any atom is 0.172 e. The number of aromatic nitrogens is 3. The number of nitrogens with one attached hydrogen (secondary N) is 1. The van der Waals surface area contributed by atoms with Crippen molar-refractivity contribution in [2.24, 2.45) is 0 Å². The molecule has 5 nitrogen and oxygen atoms in total. The number of hydrogen-bond acceptors (Lipinski definition) is 4. The lowest BCUT2D eigenvalue weighted by atomic mass is 10.3. The first kappa shape index (κ1) is 8.43. The van der Waals surface area contributed by atoms with Crippen LogP contribution in [-0.4, -0.2) is 21.4 Å². The van der Waals surface area contributed by atoms with Gasteiger partial charge in [0.2, 0.25) is 0 Å². The van der Waals surface area contributed by atoms with Gasteiger partial charge in [0.25, 0.3) is 0 Å². The molecule has 0 spiro atoms. The van der Waals surface area contributed by atoms with Gasteiger partial charge in [-0.25, -0.2) is 0 Å². The molecule has 0 amide bonds. The molecule has 0 radical (unpaired) electrons. The minimum Gasteiger partial charge on any atom is -0.296 e. The van der Waals surface area contributed by atoms with E-state index in [2.05, 4.69) is 15.7 Å². The number of hydrogen-bond donors (Lipinski definition) is 1. The molecule has 0 atom stereocenters. The van der Waals surface area contributed by atoms with Gasteiger partial charge in [-0.05, 0) is 17.3 Å². The molecule has 0 saturated heterocycles. The molecule has 1 N–H and O–H groups in total. The first-order chi connectivity index (χ1) is 6.88. The van der Waals surface area contributed by atoms with Crippen molar-refractivity contribution < 1.29 is 4.79 Å². The predicted molar refractivity (Wildman–Crippen MR) is 50.9 cm³/mol. The standard InChI is InChI=1S/C9H8N4O/c14-7-9-6-13(12-10-9)11-8-4-2-1-3-5-8/h1-7,11H. The van der Waals surface area contributed by atoms with Crippen LogP contribution in [0.1, 0.15) is 10.5 Å². The second-order valence-corrected chi connectivity index (χ2v) is 2.68. The fourth-order valence-electron chi connectivity index (χ4n) is 1.03. The SMILES string of the molecule is O=Cc1cn(Nc2ccccc2)nn1. The first-order valence-electron chi connectivity index (χ1n) is 4.08. The third-order valence-electron chi connectivity index (χ3n) is 1.65. The van der Waals surface area contributed by atoms with Crippen LogP contribution < -0.4 is 5.43 Å². The van der Waals surface area contributed by atoms with E-state index in [1.165, 1.54) is 11.0 Å². The lowest BCUT2D eigenvalue weighted by Gasteiger charge is -2.02. The van der Waals surface area contributed by atoms with E-state index in [0.717, 1.165) is 5.69 Å². The Morgan fingerprint density at radius 3 is 2.71 bits per heavy atom. The highest BCUT2D eigenvalue weighted by atomic mass is 16.1. The van der Waals surface area contributed by atoms with Crippen LogP contribution in [0.2, 0.25) is 0 Å². The monoisotopic (exact) mass is 188 g/mol. The number of carbonyl (C=O) groups is 1. The summed E-state index contributed by atoms with van der Waals surface area (Å²) in [5, 5.41) is 7.32. The number of anilines is 1. The molecule has 0 aliphatic rings. The fraction of sp³-hybridized carbons (Fsp3) is 0. The van der Waals surface area contributed by atoms with E-state index in [-0.39, 0.29) is 0 Å². The van der Waals surface area contributed by atoms with Gasteiger partial charge < -0.3 is 0 Å². The highest BCUT2D eigenvalue weighted by Gasteiger charge is 1.97. The molecule has 14 heavy (non-hydrogen) atoms. The van der Waals surface area contributed by atoms with Gasteiger partial charge >= 0.3 is 0 Å². The molecule has 0 unspecified atom stereocenters. The summed E-state index contributed by atoms with van der Waals surface area (Å²) in [6.07, 6.45) is 2.16. The lowest BCUT2D eigenvalue weighted by molar-refractivity contribution is 0.111. The van der Waals surface area contributed by atoms with Crippen LogP contribution in [0.4, 0.5) is 5.69 Å². The maximum atomic E-state index is 10.3. The van der Waals surface area contributed by atoms with Crippen LogP contribution in [0.3, 0.4) is 0 Å². The average Bonchev–Trinajstić information content (AvgIpc) is 2.67. The van der Waals surface area contributed by atoms with Crippen molar-refractivity contribution in [3.63, 3.8) is 0 Å². The molecule has 2 rings (SSSR count). The number of para-hydroxylation sites is 1. The van der Waals surface area contributed by atoms with Gasteiger partial charge in [-0.15, -0.1) is 5.10 Å². The Morgan fingerprint density at radius 2 is 2.07 bits per heavy atom. The third kappa shape index (κ3) is 1.77. The van der Waals surface area contributed by atoms with Crippen molar-refractivity contribution >= 4 is 12.0 Å². The molecule has 1 aromatic heterocycles. The highest BCUT2D eigenvalue weighted by Crippen LogP contribution is 2.04. The second kappa shape index (κ2) is 3.69. The molecule has 70 valence electrons. The average molecular weight is 188 g/mol. The Balaban J connectivity index is 2.15. The number of aldehydes is 1. The van der Waals surface area contributed by atoms with Crippen LogP contribution >= 0.6 is 0 Å². The van der Waals surface area contributed by atoms with Crippen LogP contribution in [0.25, 0.3) is 0 Å². The fourth-order valence-corrected chi connectivity index (χ4v) is 1.03. The molecule has 0 bridgehead atoms. The summed E-state index contributed by atoms with van der Waals surface area (Å²) in [6, 6.07) is 9.51. The Bertz CT molecular complexity index is 423. The van der Waals surface area contributed by atoms with Crippen molar-refractivity contribution in [3.8, 4) is 0 Å². The zero-order chi connectivity index (χ0) is 9.80. The van der Waals surface area contributed by atoms with Gasteiger partial charge in [0, 0.05) is 0 Å². The summed E-state index contributed by atoms with van der Waals surface area (Å²) < 4.78 is 0. The third-order valence-corrected chi connectivity index (χ3v) is 1.65. The zero-order valence-electron chi connectivity index (χ0n) is 7.29. The Morgan fingerprint density at radius 1 is 1.29 bits per heavy atom. The minimum atomic E-state index is 0.299. The summed E-state index contributed by atoms with van der Waals surface area (Å²) in [7, 11) is 0. The van der Waals surface area contributed by atoms with Crippen molar-refractivity contribution in [1.29, 1.82) is 0 Å². The minimum absolute atomic E-state index is 0.299. The Kier molecular flexibility index (Phi) is 2.22. The molecule has 0 aliphatic heterocycles. The summed E-state index contributed by atoms with van der Waals surface area (Å²) in [5.74, 6) is 0. The summed E-state index contributed by atoms with van der Waals surface area (Å²) in [5.41, 5.74) is 4.13. The van der Waals surface area contributed by atoms with E-state index in [9.17, 15) is 4.79 Å². The van der Waals surface area contributed by atoms with Crippen molar-refractivity contribution in [2.45, 2.75) is 0 Å². The van der Waals surface area contributed by atoms with E-state index in [1.807, 2.05) is 30.3 Å². The first-order valence-corrected chi connectivity index (χ1v) is 4.08. The van der Waals surface area contributed by atoms with Gasteiger partial charge in [0.1, 0.15) is 5.69 Å². The van der Waals surface area contributed by atoms with E-state index in [1.54, 1.807) is 0 Å². The molecule has 0 aliphatic carbocycles. The molecule has 0 saturated carbocycles. The summed E-state index contributed by atoms with van der Waals surface area (Å²) >= 11 is 0. The number of nitrogens with zero attached hydrogens (tertiary/aromatic N) is 3. The van der Waals surface area contributed by atoms with Crippen molar-refractivity contribution in [3.05, 3.63) is 42.2 Å². The number of carbonyl (C=O) groups excluding carboxylic acids is 1. The Labute approximate surface area is 80.3 Å². The number of benzene rings is 1. The molecule has 5 heteroatoms. The quantitative estimate of drug-likeness (QED) is 0.729. The van der Waals surface area contributed by atoms with Crippen LogP contribution in [-0.2, 0) is 0 Å². The highest BCUT2D eigenvalue weighted by molar-refractivity contribution is 5.70. The van der Waals surface area contributed by atoms with Crippen LogP contribution in [0, 0.1) is 0 Å². The molecule has 1 aromatic carbocycles. The normalized spacial score (nSPS) is 9.71. The van der Waals surface area contributed by atoms with E-state index in [4.69, 9.17) is 0 Å². The number of rotatable bonds is 3. The molecule has 0 fully saturated rings. The smallest absolute Gasteiger partial charge is 0.172 e. The second-order valence-electron chi connectivity index (χ2n) is 2.68. The van der Waals surface area contributed by atoms with E-state index in [0.29, 0.717) is 12.0 Å². The maximum absolute atomic E-state index is 10.3. The predicted octanol–water partition coefficient (Wildman–Crippen LogP) is 0.966. The lowest BCUT2D eigenvalue weighted by Crippen LogP contribution is -2.09. The van der Waals surface area contributed by atoms with Crippen molar-refractivity contribution in [1.82, 2.24) is 15.1 Å². The van der Waals surface area contributed by atoms with Crippen molar-refractivity contribution in [2.75, 3.05) is 5.43 Å². The van der Waals surface area contributed by atoms with E-state index < -0.39 is 0 Å². The topological polar surface area (TPSA) is 59.8 Å². The Hall–Kier alpha value is -2.17. The van der Waals surface area contributed by atoms with Gasteiger partial charge in [-0.2, -0.15) is 4.79 Å². The van der Waals surface area contributed by atoms with E-state index >= 15 is 0 Å². The van der Waals surface area contributed by atoms with Crippen LogP contribution in [0.5, 0.6) is 0 Å². The molecular weight excluding hydrogens is 180 g/mol. The molecule has 1 heterocycles. The van der Waals surface area contributed by atoms with Crippen LogP contribution in [0.15, 0.2) is 36.5 Å². The largest absolute Gasteiger partial charge is 0.296 e. The van der Waals surface area contributed by atoms with Gasteiger partial charge in [0.05, 0.1) is 11.9 Å². The molecule has 2 aromatic rings. The van der Waals surface area contributed by atoms with Gasteiger partial charge in [-0.3, -0.25) is 10.2 Å². The zero-order valence-corrected chi connectivity index (χ0v) is 7.29.